The Morgan fingerprint density at radius 2 is 1.86 bits per heavy atom. The summed E-state index contributed by atoms with van der Waals surface area (Å²) >= 11 is 8.55. The fraction of sp³-hybridized carbons (Fsp3) is 0.182. The van der Waals surface area contributed by atoms with Crippen LogP contribution in [-0.4, -0.2) is 22.4 Å². The Bertz CT molecular complexity index is 1030. The number of amides is 1. The van der Waals surface area contributed by atoms with E-state index in [1.165, 1.54) is 5.56 Å². The molecule has 0 saturated heterocycles. The number of thioether (sulfide) groups is 1. The third-order valence-electron chi connectivity index (χ3n) is 4.40. The zero-order valence-corrected chi connectivity index (χ0v) is 20.1. The molecule has 1 heterocycles. The summed E-state index contributed by atoms with van der Waals surface area (Å²) < 4.78 is 4.28. The number of rotatable bonds is 7. The fourth-order valence-corrected chi connectivity index (χ4v) is 4.68. The Labute approximate surface area is 192 Å². The molecule has 2 aromatic carbocycles. The Balaban J connectivity index is 1.56. The summed E-state index contributed by atoms with van der Waals surface area (Å²) in [7, 11) is 0. The summed E-state index contributed by atoms with van der Waals surface area (Å²) in [5, 5.41) is 4.14. The fourth-order valence-electron chi connectivity index (χ4n) is 2.98. The molecule has 3 rings (SSSR count). The first-order valence-electron chi connectivity index (χ1n) is 9.03. The van der Waals surface area contributed by atoms with Gasteiger partial charge in [0.05, 0.1) is 12.0 Å². The summed E-state index contributed by atoms with van der Waals surface area (Å²) in [4.78, 5) is 12.1. The van der Waals surface area contributed by atoms with Gasteiger partial charge in [-0.15, -0.1) is 11.8 Å². The second-order valence-corrected chi connectivity index (χ2v) is 9.27. The van der Waals surface area contributed by atoms with Crippen LogP contribution in [0.2, 0.25) is 0 Å². The van der Waals surface area contributed by atoms with E-state index in [-0.39, 0.29) is 5.91 Å². The average molecular weight is 535 g/mol. The molecule has 1 N–H and O–H groups in total. The van der Waals surface area contributed by atoms with Crippen LogP contribution in [0.3, 0.4) is 0 Å². The van der Waals surface area contributed by atoms with Gasteiger partial charge in [0.2, 0.25) is 5.91 Å². The van der Waals surface area contributed by atoms with Crippen LogP contribution in [0, 0.1) is 13.8 Å². The molecule has 0 aliphatic carbocycles. The Kier molecular flexibility index (Phi) is 7.75. The number of nitrogens with zero attached hydrogens (tertiary/aromatic N) is 2. The Hall–Kier alpha value is -1.83. The highest BCUT2D eigenvalue weighted by Gasteiger charge is 2.09. The van der Waals surface area contributed by atoms with Crippen LogP contribution < -0.4 is 5.43 Å². The highest BCUT2D eigenvalue weighted by molar-refractivity contribution is 9.10. The quantitative estimate of drug-likeness (QED) is 0.298. The minimum atomic E-state index is -0.111. The summed E-state index contributed by atoms with van der Waals surface area (Å²) in [5.41, 5.74) is 8.05. The maximum Gasteiger partial charge on any atom is 0.250 e. The molecule has 0 aliphatic rings. The number of hydrogen-bond donors (Lipinski definition) is 1. The van der Waals surface area contributed by atoms with Crippen molar-refractivity contribution in [2.75, 3.05) is 5.75 Å². The monoisotopic (exact) mass is 533 g/mol. The molecular weight excluding hydrogens is 514 g/mol. The van der Waals surface area contributed by atoms with Gasteiger partial charge in [-0.2, -0.15) is 5.10 Å². The van der Waals surface area contributed by atoms with Crippen LogP contribution in [0.1, 0.15) is 22.5 Å². The van der Waals surface area contributed by atoms with Crippen molar-refractivity contribution in [2.24, 2.45) is 5.10 Å². The van der Waals surface area contributed by atoms with Crippen molar-refractivity contribution in [1.82, 2.24) is 9.99 Å². The number of nitrogens with one attached hydrogen (secondary N) is 1. The highest BCUT2D eigenvalue weighted by atomic mass is 79.9. The summed E-state index contributed by atoms with van der Waals surface area (Å²) in [5.74, 6) is 1.02. The SMILES string of the molecule is Cc1cc(/C=N\NC(=O)CSCc2ccccc2Br)c(C)n1-c1ccc(Br)cc1. The molecule has 0 atom stereocenters. The van der Waals surface area contributed by atoms with Gasteiger partial charge in [0.1, 0.15) is 0 Å². The van der Waals surface area contributed by atoms with Gasteiger partial charge in [-0.1, -0.05) is 50.1 Å². The molecule has 0 fully saturated rings. The molecule has 0 aliphatic heterocycles. The number of carbonyl (C=O) groups excluding carboxylic acids is 1. The van der Waals surface area contributed by atoms with Gasteiger partial charge in [-0.05, 0) is 55.8 Å². The normalized spacial score (nSPS) is 11.2. The highest BCUT2D eigenvalue weighted by Crippen LogP contribution is 2.22. The molecule has 1 aromatic heterocycles. The molecule has 0 spiro atoms. The van der Waals surface area contributed by atoms with Crippen molar-refractivity contribution >= 4 is 55.7 Å². The molecule has 0 unspecified atom stereocenters. The van der Waals surface area contributed by atoms with E-state index >= 15 is 0 Å². The number of hydrazone groups is 1. The lowest BCUT2D eigenvalue weighted by Crippen LogP contribution is -2.19. The lowest BCUT2D eigenvalue weighted by molar-refractivity contribution is -0.118. The van der Waals surface area contributed by atoms with Gasteiger partial charge in [-0.3, -0.25) is 4.79 Å². The van der Waals surface area contributed by atoms with Gasteiger partial charge in [0.15, 0.2) is 0 Å². The van der Waals surface area contributed by atoms with Crippen LogP contribution in [0.5, 0.6) is 0 Å². The maximum absolute atomic E-state index is 12.1. The topological polar surface area (TPSA) is 46.4 Å². The van der Waals surface area contributed by atoms with E-state index in [2.05, 4.69) is 72.1 Å². The van der Waals surface area contributed by atoms with Crippen LogP contribution >= 0.6 is 43.6 Å². The van der Waals surface area contributed by atoms with Crippen molar-refractivity contribution in [3.05, 3.63) is 86.1 Å². The number of carbonyl (C=O) groups is 1. The lowest BCUT2D eigenvalue weighted by atomic mass is 10.2. The third kappa shape index (κ3) is 5.84. The first kappa shape index (κ1) is 21.9. The van der Waals surface area contributed by atoms with E-state index in [1.807, 2.05) is 43.3 Å². The van der Waals surface area contributed by atoms with Crippen molar-refractivity contribution in [1.29, 1.82) is 0 Å². The number of aryl methyl sites for hydroxylation is 1. The van der Waals surface area contributed by atoms with E-state index in [9.17, 15) is 4.79 Å². The van der Waals surface area contributed by atoms with Crippen molar-refractivity contribution in [3.63, 3.8) is 0 Å². The maximum atomic E-state index is 12.1. The first-order valence-corrected chi connectivity index (χ1v) is 11.8. The van der Waals surface area contributed by atoms with Gasteiger partial charge < -0.3 is 4.57 Å². The van der Waals surface area contributed by atoms with Gasteiger partial charge in [-0.25, -0.2) is 5.43 Å². The summed E-state index contributed by atoms with van der Waals surface area (Å²) in [6.07, 6.45) is 1.70. The van der Waals surface area contributed by atoms with Crippen LogP contribution in [0.4, 0.5) is 0 Å². The summed E-state index contributed by atoms with van der Waals surface area (Å²) in [6, 6.07) is 18.3. The van der Waals surface area contributed by atoms with Crippen molar-refractivity contribution in [2.45, 2.75) is 19.6 Å². The molecule has 3 aromatic rings. The van der Waals surface area contributed by atoms with E-state index in [0.717, 1.165) is 37.3 Å². The van der Waals surface area contributed by atoms with E-state index in [4.69, 9.17) is 0 Å². The van der Waals surface area contributed by atoms with E-state index in [0.29, 0.717) is 5.75 Å². The number of aromatic nitrogens is 1. The molecule has 150 valence electrons. The number of benzene rings is 2. The second-order valence-electron chi connectivity index (χ2n) is 6.52. The minimum absolute atomic E-state index is 0.111. The molecule has 0 bridgehead atoms. The zero-order chi connectivity index (χ0) is 20.8. The third-order valence-corrected chi connectivity index (χ3v) is 6.68. The Morgan fingerprint density at radius 3 is 2.59 bits per heavy atom. The van der Waals surface area contributed by atoms with Gasteiger partial charge >= 0.3 is 0 Å². The van der Waals surface area contributed by atoms with Crippen molar-refractivity contribution in [3.8, 4) is 5.69 Å². The van der Waals surface area contributed by atoms with E-state index in [1.54, 1.807) is 18.0 Å². The van der Waals surface area contributed by atoms with Gasteiger partial charge in [0.25, 0.3) is 0 Å². The average Bonchev–Trinajstić information content (AvgIpc) is 2.98. The zero-order valence-electron chi connectivity index (χ0n) is 16.2. The van der Waals surface area contributed by atoms with Crippen LogP contribution in [0.15, 0.2) is 68.6 Å². The Morgan fingerprint density at radius 1 is 1.14 bits per heavy atom. The van der Waals surface area contributed by atoms with E-state index < -0.39 is 0 Å². The van der Waals surface area contributed by atoms with Gasteiger partial charge in [0, 0.05) is 37.3 Å². The molecular formula is C22H21Br2N3OS. The lowest BCUT2D eigenvalue weighted by Gasteiger charge is -2.09. The largest absolute Gasteiger partial charge is 0.318 e. The molecule has 29 heavy (non-hydrogen) atoms. The molecule has 7 heteroatoms. The molecule has 0 radical (unpaired) electrons. The minimum Gasteiger partial charge on any atom is -0.318 e. The smallest absolute Gasteiger partial charge is 0.250 e. The number of hydrogen-bond acceptors (Lipinski definition) is 3. The summed E-state index contributed by atoms with van der Waals surface area (Å²) in [6.45, 7) is 4.11. The molecule has 0 saturated carbocycles. The molecule has 4 nitrogen and oxygen atoms in total. The predicted molar refractivity (Wildman–Crippen MR) is 129 cm³/mol. The first-order chi connectivity index (χ1) is 14.0. The predicted octanol–water partition coefficient (Wildman–Crippen LogP) is 6.00. The van der Waals surface area contributed by atoms with Crippen molar-refractivity contribution < 1.29 is 4.79 Å². The standard InChI is InChI=1S/C22H21Br2N3OS/c1-15-11-18(16(2)27(15)20-9-7-19(23)8-10-20)12-25-26-22(28)14-29-13-17-5-3-4-6-21(17)24/h3-12H,13-14H2,1-2H3,(H,26,28)/b25-12-. The molecule has 1 amide bonds. The van der Waals surface area contributed by atoms with Crippen LogP contribution in [-0.2, 0) is 10.5 Å². The second kappa shape index (κ2) is 10.3. The van der Waals surface area contributed by atoms with Crippen LogP contribution in [0.25, 0.3) is 5.69 Å². The number of halogens is 2.